The second kappa shape index (κ2) is 6.54. The molecule has 0 aliphatic rings. The lowest BCUT2D eigenvalue weighted by atomic mass is 10.2. The van der Waals surface area contributed by atoms with Crippen LogP contribution in [-0.2, 0) is 0 Å². The minimum absolute atomic E-state index is 0.302. The van der Waals surface area contributed by atoms with Crippen molar-refractivity contribution in [3.05, 3.63) is 77.3 Å². The average Bonchev–Trinajstić information content (AvgIpc) is 2.58. The largest absolute Gasteiger partial charge is 0.321 e. The Morgan fingerprint density at radius 1 is 1.00 bits per heavy atom. The predicted molar refractivity (Wildman–Crippen MR) is 86.8 cm³/mol. The first-order valence-electron chi connectivity index (χ1n) is 6.77. The zero-order chi connectivity index (χ0) is 16.2. The molecule has 4 nitrogen and oxygen atoms in total. The minimum Gasteiger partial charge on any atom is -0.321 e. The van der Waals surface area contributed by atoms with E-state index in [9.17, 15) is 9.18 Å². The van der Waals surface area contributed by atoms with Gasteiger partial charge in [-0.2, -0.15) is 0 Å². The summed E-state index contributed by atoms with van der Waals surface area (Å²) in [6.45, 7) is 0. The first-order valence-corrected chi connectivity index (χ1v) is 7.15. The molecule has 23 heavy (non-hydrogen) atoms. The molecule has 1 N–H and O–H groups in total. The maximum atomic E-state index is 12.9. The molecule has 1 heterocycles. The maximum absolute atomic E-state index is 12.9. The lowest BCUT2D eigenvalue weighted by Gasteiger charge is -2.07. The summed E-state index contributed by atoms with van der Waals surface area (Å²) in [7, 11) is 0. The van der Waals surface area contributed by atoms with Gasteiger partial charge >= 0.3 is 0 Å². The van der Waals surface area contributed by atoms with Gasteiger partial charge in [0.2, 0.25) is 0 Å². The lowest BCUT2D eigenvalue weighted by Crippen LogP contribution is -2.13. The van der Waals surface area contributed by atoms with E-state index >= 15 is 0 Å². The van der Waals surface area contributed by atoms with Gasteiger partial charge in [-0.3, -0.25) is 4.79 Å². The van der Waals surface area contributed by atoms with Gasteiger partial charge in [0.05, 0.1) is 16.3 Å². The molecule has 3 rings (SSSR count). The van der Waals surface area contributed by atoms with Crippen molar-refractivity contribution < 1.29 is 9.18 Å². The van der Waals surface area contributed by atoms with E-state index in [4.69, 9.17) is 11.6 Å². The van der Waals surface area contributed by atoms with Gasteiger partial charge in [0, 0.05) is 18.0 Å². The summed E-state index contributed by atoms with van der Waals surface area (Å²) in [4.78, 5) is 20.4. The van der Waals surface area contributed by atoms with Crippen molar-refractivity contribution in [3.8, 4) is 11.4 Å². The van der Waals surface area contributed by atoms with Gasteiger partial charge in [-0.25, -0.2) is 14.4 Å². The van der Waals surface area contributed by atoms with E-state index in [1.807, 2.05) is 0 Å². The summed E-state index contributed by atoms with van der Waals surface area (Å²) in [5, 5.41) is 3.14. The number of para-hydroxylation sites is 1. The van der Waals surface area contributed by atoms with E-state index in [0.29, 0.717) is 27.7 Å². The Balaban J connectivity index is 1.78. The van der Waals surface area contributed by atoms with Crippen LogP contribution in [-0.4, -0.2) is 15.9 Å². The van der Waals surface area contributed by atoms with Gasteiger partial charge in [0.15, 0.2) is 5.82 Å². The first kappa shape index (κ1) is 15.1. The molecule has 2 aromatic carbocycles. The molecule has 0 radical (unpaired) electrons. The molecule has 114 valence electrons. The Morgan fingerprint density at radius 3 is 2.30 bits per heavy atom. The third-order valence-electron chi connectivity index (χ3n) is 3.14. The van der Waals surface area contributed by atoms with Crippen LogP contribution in [0.1, 0.15) is 10.4 Å². The van der Waals surface area contributed by atoms with Crippen LogP contribution in [0, 0.1) is 5.82 Å². The number of aromatic nitrogens is 2. The maximum Gasteiger partial charge on any atom is 0.258 e. The van der Waals surface area contributed by atoms with Crippen molar-refractivity contribution in [3.63, 3.8) is 0 Å². The van der Waals surface area contributed by atoms with Gasteiger partial charge in [-0.1, -0.05) is 23.7 Å². The molecule has 6 heteroatoms. The fourth-order valence-electron chi connectivity index (χ4n) is 1.95. The Bertz CT molecular complexity index is 835. The van der Waals surface area contributed by atoms with Crippen molar-refractivity contribution in [2.45, 2.75) is 0 Å². The first-order chi connectivity index (χ1) is 11.1. The van der Waals surface area contributed by atoms with Crippen molar-refractivity contribution in [2.75, 3.05) is 5.32 Å². The van der Waals surface area contributed by atoms with E-state index in [0.717, 1.165) is 0 Å². The molecule has 0 spiro atoms. The summed E-state index contributed by atoms with van der Waals surface area (Å²) >= 11 is 6.00. The number of nitrogens with one attached hydrogen (secondary N) is 1. The Labute approximate surface area is 137 Å². The molecule has 1 amide bonds. The van der Waals surface area contributed by atoms with Gasteiger partial charge < -0.3 is 5.32 Å². The lowest BCUT2D eigenvalue weighted by molar-refractivity contribution is 0.102. The van der Waals surface area contributed by atoms with Crippen molar-refractivity contribution in [1.29, 1.82) is 0 Å². The highest BCUT2D eigenvalue weighted by atomic mass is 35.5. The highest BCUT2D eigenvalue weighted by molar-refractivity contribution is 6.33. The Kier molecular flexibility index (Phi) is 4.30. The van der Waals surface area contributed by atoms with E-state index in [-0.39, 0.29) is 11.7 Å². The molecule has 0 bridgehead atoms. The topological polar surface area (TPSA) is 54.9 Å². The van der Waals surface area contributed by atoms with Crippen LogP contribution in [0.3, 0.4) is 0 Å². The van der Waals surface area contributed by atoms with E-state index < -0.39 is 0 Å². The van der Waals surface area contributed by atoms with Gasteiger partial charge in [0.1, 0.15) is 5.82 Å². The summed E-state index contributed by atoms with van der Waals surface area (Å²) < 4.78 is 12.9. The van der Waals surface area contributed by atoms with Crippen molar-refractivity contribution in [2.24, 2.45) is 0 Å². The predicted octanol–water partition coefficient (Wildman–Crippen LogP) is 4.19. The average molecular weight is 328 g/mol. The molecule has 3 aromatic rings. The highest BCUT2D eigenvalue weighted by Crippen LogP contribution is 2.21. The fourth-order valence-corrected chi connectivity index (χ4v) is 2.13. The summed E-state index contributed by atoms with van der Waals surface area (Å²) in [5.41, 5.74) is 1.49. The summed E-state index contributed by atoms with van der Waals surface area (Å²) in [5.74, 6) is -0.271. The zero-order valence-corrected chi connectivity index (χ0v) is 12.6. The minimum atomic E-state index is -0.358. The number of rotatable bonds is 3. The number of hydrogen-bond donors (Lipinski definition) is 1. The summed E-state index contributed by atoms with van der Waals surface area (Å²) in [6.07, 6.45) is 2.83. The molecular weight excluding hydrogens is 317 g/mol. The Morgan fingerprint density at radius 2 is 1.65 bits per heavy atom. The zero-order valence-electron chi connectivity index (χ0n) is 11.8. The van der Waals surface area contributed by atoms with Crippen molar-refractivity contribution >= 4 is 23.2 Å². The molecule has 0 atom stereocenters. The SMILES string of the molecule is O=C(Nc1ccccc1Cl)c1cnc(-c2ccc(F)cc2)nc1. The van der Waals surface area contributed by atoms with E-state index in [1.54, 1.807) is 36.4 Å². The van der Waals surface area contributed by atoms with Crippen LogP contribution in [0.25, 0.3) is 11.4 Å². The number of halogens is 2. The third-order valence-corrected chi connectivity index (χ3v) is 3.47. The number of amides is 1. The highest BCUT2D eigenvalue weighted by Gasteiger charge is 2.10. The molecule has 0 unspecified atom stereocenters. The second-order valence-electron chi connectivity index (χ2n) is 4.74. The monoisotopic (exact) mass is 327 g/mol. The number of hydrogen-bond acceptors (Lipinski definition) is 3. The quantitative estimate of drug-likeness (QED) is 0.784. The second-order valence-corrected chi connectivity index (χ2v) is 5.14. The number of carbonyl (C=O) groups excluding carboxylic acids is 1. The summed E-state index contributed by atoms with van der Waals surface area (Å²) in [6, 6.07) is 12.8. The smallest absolute Gasteiger partial charge is 0.258 e. The van der Waals surface area contributed by atoms with Gasteiger partial charge in [-0.05, 0) is 36.4 Å². The van der Waals surface area contributed by atoms with Gasteiger partial charge in [0.25, 0.3) is 5.91 Å². The standard InChI is InChI=1S/C17H11ClFN3O/c18-14-3-1-2-4-15(14)22-17(23)12-9-20-16(21-10-12)11-5-7-13(19)8-6-11/h1-10H,(H,22,23). The van der Waals surface area contributed by atoms with Crippen LogP contribution in [0.4, 0.5) is 10.1 Å². The van der Waals surface area contributed by atoms with Gasteiger partial charge in [-0.15, -0.1) is 0 Å². The van der Waals surface area contributed by atoms with Crippen LogP contribution in [0.15, 0.2) is 60.9 Å². The third kappa shape index (κ3) is 3.52. The number of nitrogens with zero attached hydrogens (tertiary/aromatic N) is 2. The number of anilines is 1. The van der Waals surface area contributed by atoms with E-state index in [1.165, 1.54) is 24.5 Å². The number of benzene rings is 2. The fraction of sp³-hybridized carbons (Fsp3) is 0. The molecule has 0 aliphatic carbocycles. The van der Waals surface area contributed by atoms with E-state index in [2.05, 4.69) is 15.3 Å². The Hall–Kier alpha value is -2.79. The molecule has 0 fully saturated rings. The normalized spacial score (nSPS) is 10.3. The number of carbonyl (C=O) groups is 1. The molecule has 1 aromatic heterocycles. The van der Waals surface area contributed by atoms with Crippen LogP contribution < -0.4 is 5.32 Å². The molecule has 0 saturated carbocycles. The van der Waals surface area contributed by atoms with Crippen LogP contribution in [0.2, 0.25) is 5.02 Å². The van der Waals surface area contributed by atoms with Crippen LogP contribution in [0.5, 0.6) is 0 Å². The van der Waals surface area contributed by atoms with Crippen LogP contribution >= 0.6 is 11.6 Å². The van der Waals surface area contributed by atoms with Crippen molar-refractivity contribution in [1.82, 2.24) is 9.97 Å². The molecular formula is C17H11ClFN3O. The molecule has 0 aliphatic heterocycles. The molecule has 0 saturated heterocycles.